The van der Waals surface area contributed by atoms with E-state index in [4.69, 9.17) is 9.47 Å². The molecule has 0 N–H and O–H groups in total. The number of halogens is 1. The Bertz CT molecular complexity index is 955. The van der Waals surface area contributed by atoms with Crippen molar-refractivity contribution in [3.63, 3.8) is 0 Å². The number of amides is 2. The van der Waals surface area contributed by atoms with Gasteiger partial charge in [0.05, 0.1) is 12.1 Å². The van der Waals surface area contributed by atoms with Gasteiger partial charge < -0.3 is 19.3 Å². The highest BCUT2D eigenvalue weighted by Gasteiger charge is 2.75. The van der Waals surface area contributed by atoms with Crippen LogP contribution in [-0.4, -0.2) is 48.6 Å². The first-order valence-electron chi connectivity index (χ1n) is 8.26. The number of rotatable bonds is 1. The molecule has 1 aromatic carbocycles. The molecule has 5 aliphatic rings. The molecule has 0 aliphatic carbocycles. The first kappa shape index (κ1) is 17.8. The summed E-state index contributed by atoms with van der Waals surface area (Å²) in [7, 11) is 4.46. The average molecular weight is 515 g/mol. The van der Waals surface area contributed by atoms with E-state index in [2.05, 4.69) is 28.7 Å². The van der Waals surface area contributed by atoms with E-state index in [1.165, 1.54) is 26.5 Å². The molecule has 10 heteroatoms. The van der Waals surface area contributed by atoms with Gasteiger partial charge in [0.2, 0.25) is 6.79 Å². The Labute approximate surface area is 177 Å². The summed E-state index contributed by atoms with van der Waals surface area (Å²) in [6.45, 7) is 1.86. The number of hydrogen-bond acceptors (Lipinski definition) is 7. The Morgan fingerprint density at radius 3 is 2.81 bits per heavy atom. The lowest BCUT2D eigenvalue weighted by atomic mass is 9.93. The third-order valence-electron chi connectivity index (χ3n) is 5.72. The number of nitrogens with zero attached hydrogens (tertiary/aromatic N) is 3. The SMILES string of the molecule is CN1C(=O)C23C[C@](I)(C#N)C(c4cccc5c4OCO5)N2C(=O)C1(C)SS3. The van der Waals surface area contributed by atoms with Crippen LogP contribution in [0.1, 0.15) is 24.9 Å². The van der Waals surface area contributed by atoms with Crippen LogP contribution in [0.4, 0.5) is 0 Å². The second kappa shape index (κ2) is 5.39. The molecule has 5 heterocycles. The van der Waals surface area contributed by atoms with Crippen molar-refractivity contribution in [2.45, 2.75) is 32.6 Å². The summed E-state index contributed by atoms with van der Waals surface area (Å²) in [5.74, 6) is 0.866. The lowest BCUT2D eigenvalue weighted by Gasteiger charge is -2.57. The number of para-hydroxylation sites is 1. The number of fused-ring (bicyclic) bond motifs is 3. The predicted molar refractivity (Wildman–Crippen MR) is 108 cm³/mol. The van der Waals surface area contributed by atoms with Crippen LogP contribution in [0.3, 0.4) is 0 Å². The quantitative estimate of drug-likeness (QED) is 0.323. The first-order chi connectivity index (χ1) is 12.8. The topological polar surface area (TPSA) is 82.9 Å². The molecule has 3 unspecified atom stereocenters. The fraction of sp³-hybridized carbons (Fsp3) is 0.471. The minimum Gasteiger partial charge on any atom is -0.454 e. The summed E-state index contributed by atoms with van der Waals surface area (Å²) in [5, 5.41) is 10.1. The van der Waals surface area contributed by atoms with Gasteiger partial charge in [0.25, 0.3) is 11.8 Å². The lowest BCUT2D eigenvalue weighted by Crippen LogP contribution is -2.73. The third kappa shape index (κ3) is 1.95. The minimum atomic E-state index is -1.09. The van der Waals surface area contributed by atoms with E-state index < -0.39 is 19.2 Å². The van der Waals surface area contributed by atoms with Gasteiger partial charge in [0.1, 0.15) is 3.42 Å². The van der Waals surface area contributed by atoms with Crippen molar-refractivity contribution in [1.29, 1.82) is 5.26 Å². The molecule has 5 aliphatic heterocycles. The third-order valence-corrected chi connectivity index (χ3v) is 10.6. The number of nitriles is 1. The molecule has 4 fully saturated rings. The number of hydrogen-bond donors (Lipinski definition) is 0. The van der Waals surface area contributed by atoms with Crippen LogP contribution in [0, 0.1) is 11.3 Å². The first-order valence-corrected chi connectivity index (χ1v) is 11.5. The Kier molecular flexibility index (Phi) is 3.54. The maximum absolute atomic E-state index is 13.5. The predicted octanol–water partition coefficient (Wildman–Crippen LogP) is 2.67. The summed E-state index contributed by atoms with van der Waals surface area (Å²) < 4.78 is 10.2. The van der Waals surface area contributed by atoms with E-state index in [0.717, 1.165) is 0 Å². The fourth-order valence-electron chi connectivity index (χ4n) is 4.23. The molecule has 4 atom stereocenters. The van der Waals surface area contributed by atoms with Crippen LogP contribution in [0.2, 0.25) is 0 Å². The molecule has 4 saturated heterocycles. The van der Waals surface area contributed by atoms with E-state index in [0.29, 0.717) is 17.1 Å². The van der Waals surface area contributed by atoms with Gasteiger partial charge in [-0.3, -0.25) is 9.59 Å². The molecule has 6 rings (SSSR count). The van der Waals surface area contributed by atoms with Crippen LogP contribution in [-0.2, 0) is 9.59 Å². The van der Waals surface area contributed by atoms with E-state index in [1.807, 2.05) is 12.1 Å². The second-order valence-electron chi connectivity index (χ2n) is 7.11. The van der Waals surface area contributed by atoms with Gasteiger partial charge in [-0.2, -0.15) is 5.26 Å². The van der Waals surface area contributed by atoms with Gasteiger partial charge in [-0.25, -0.2) is 0 Å². The lowest BCUT2D eigenvalue weighted by molar-refractivity contribution is -0.164. The van der Waals surface area contributed by atoms with Crippen molar-refractivity contribution in [2.24, 2.45) is 0 Å². The van der Waals surface area contributed by atoms with Gasteiger partial charge in [-0.1, -0.05) is 56.3 Å². The maximum atomic E-state index is 13.5. The summed E-state index contributed by atoms with van der Waals surface area (Å²) in [6.07, 6.45) is 0.259. The van der Waals surface area contributed by atoms with Crippen LogP contribution < -0.4 is 9.47 Å². The highest BCUT2D eigenvalue weighted by Crippen LogP contribution is 2.69. The highest BCUT2D eigenvalue weighted by molar-refractivity contribution is 14.1. The zero-order chi connectivity index (χ0) is 19.2. The molecule has 2 bridgehead atoms. The number of carbonyl (C=O) groups is 2. The Morgan fingerprint density at radius 2 is 2.07 bits per heavy atom. The zero-order valence-electron chi connectivity index (χ0n) is 14.4. The monoisotopic (exact) mass is 515 g/mol. The minimum absolute atomic E-state index is 0.100. The Morgan fingerprint density at radius 1 is 1.30 bits per heavy atom. The number of carbonyl (C=O) groups excluding carboxylic acids is 2. The van der Waals surface area contributed by atoms with Crippen LogP contribution >= 0.6 is 44.2 Å². The molecule has 2 amide bonds. The number of benzene rings is 1. The van der Waals surface area contributed by atoms with E-state index >= 15 is 0 Å². The average Bonchev–Trinajstić information content (AvgIpc) is 3.24. The van der Waals surface area contributed by atoms with Crippen molar-refractivity contribution in [2.75, 3.05) is 13.8 Å². The fourth-order valence-corrected chi connectivity index (χ4v) is 9.16. The van der Waals surface area contributed by atoms with Crippen LogP contribution in [0.15, 0.2) is 18.2 Å². The summed E-state index contributed by atoms with van der Waals surface area (Å²) in [4.78, 5) is 27.9. The summed E-state index contributed by atoms with van der Waals surface area (Å²) in [5.41, 5.74) is 0.711. The summed E-state index contributed by atoms with van der Waals surface area (Å²) >= 11 is 2.10. The van der Waals surface area contributed by atoms with Crippen LogP contribution in [0.25, 0.3) is 0 Å². The van der Waals surface area contributed by atoms with E-state index in [1.54, 1.807) is 24.9 Å². The van der Waals surface area contributed by atoms with Crippen molar-refractivity contribution in [1.82, 2.24) is 9.80 Å². The van der Waals surface area contributed by atoms with Crippen molar-refractivity contribution < 1.29 is 19.1 Å². The molecule has 27 heavy (non-hydrogen) atoms. The molecule has 140 valence electrons. The number of likely N-dealkylation sites (N-methyl/N-ethyl adjacent to an activating group) is 1. The van der Waals surface area contributed by atoms with Gasteiger partial charge >= 0.3 is 0 Å². The molecule has 1 aromatic rings. The van der Waals surface area contributed by atoms with Gasteiger partial charge in [0, 0.05) is 19.0 Å². The molecule has 7 nitrogen and oxygen atoms in total. The van der Waals surface area contributed by atoms with Gasteiger partial charge in [0.15, 0.2) is 21.2 Å². The molecular formula is C17H14IN3O4S2. The van der Waals surface area contributed by atoms with Crippen molar-refractivity contribution in [3.05, 3.63) is 23.8 Å². The molecule has 1 spiro atoms. The smallest absolute Gasteiger partial charge is 0.261 e. The molecular weight excluding hydrogens is 501 g/mol. The molecule has 0 aromatic heterocycles. The van der Waals surface area contributed by atoms with E-state index in [9.17, 15) is 14.9 Å². The number of ether oxygens (including phenoxy) is 2. The van der Waals surface area contributed by atoms with E-state index in [-0.39, 0.29) is 25.0 Å². The van der Waals surface area contributed by atoms with Gasteiger partial charge in [-0.05, 0) is 13.0 Å². The van der Waals surface area contributed by atoms with Crippen molar-refractivity contribution >= 4 is 56.0 Å². The summed E-state index contributed by atoms with van der Waals surface area (Å²) in [6, 6.07) is 7.26. The Balaban J connectivity index is 1.75. The molecule has 0 radical (unpaired) electrons. The highest BCUT2D eigenvalue weighted by atomic mass is 127. The molecule has 0 saturated carbocycles. The second-order valence-corrected chi connectivity index (χ2v) is 11.8. The van der Waals surface area contributed by atoms with Crippen LogP contribution in [0.5, 0.6) is 11.5 Å². The normalized spacial score (nSPS) is 39.0. The zero-order valence-corrected chi connectivity index (χ0v) is 18.2. The number of piperazine rings is 1. The number of alkyl halides is 1. The maximum Gasteiger partial charge on any atom is 0.261 e. The van der Waals surface area contributed by atoms with Crippen molar-refractivity contribution in [3.8, 4) is 17.6 Å². The largest absolute Gasteiger partial charge is 0.454 e. The Hall–Kier alpha value is -1.32. The standard InChI is InChI=1S/C17H14IN3O4S2/c1-15-13(22)21-12(9-4-3-5-10-11(9)25-8-24-10)16(18,7-19)6-17(21,27-26-15)14(23)20(15)2/h3-5,12H,6,8H2,1-2H3/t12?,15?,16-,17?/m0/s1. The van der Waals surface area contributed by atoms with Gasteiger partial charge in [-0.15, -0.1) is 0 Å².